The molecule has 0 spiro atoms. The van der Waals surface area contributed by atoms with Crippen molar-refractivity contribution in [2.75, 3.05) is 12.8 Å². The molecule has 1 amide bonds. The first-order valence-electron chi connectivity index (χ1n) is 5.68. The second-order valence-corrected chi connectivity index (χ2v) is 5.73. The standard InChI is InChI=1S/C11H22N2OS/c1-9(12)10(14)13-8-11(15-2)6-4-3-5-7-11/h9H,3-8,12H2,1-2H3,(H,13,14). The fourth-order valence-corrected chi connectivity index (χ4v) is 2.97. The monoisotopic (exact) mass is 230 g/mol. The third-order valence-electron chi connectivity index (χ3n) is 3.20. The van der Waals surface area contributed by atoms with Crippen LogP contribution >= 0.6 is 11.8 Å². The number of amides is 1. The maximum absolute atomic E-state index is 11.4. The van der Waals surface area contributed by atoms with Gasteiger partial charge >= 0.3 is 0 Å². The molecule has 1 aliphatic rings. The van der Waals surface area contributed by atoms with Gasteiger partial charge in [0.25, 0.3) is 0 Å². The van der Waals surface area contributed by atoms with Crippen molar-refractivity contribution >= 4 is 17.7 Å². The quantitative estimate of drug-likeness (QED) is 0.770. The molecule has 0 aromatic rings. The highest BCUT2D eigenvalue weighted by Crippen LogP contribution is 2.37. The number of rotatable bonds is 4. The zero-order valence-corrected chi connectivity index (χ0v) is 10.5. The Bertz CT molecular complexity index is 213. The first-order chi connectivity index (χ1) is 7.09. The van der Waals surface area contributed by atoms with Crippen LogP contribution in [0.4, 0.5) is 0 Å². The average molecular weight is 230 g/mol. The third kappa shape index (κ3) is 3.68. The number of nitrogens with two attached hydrogens (primary N) is 1. The number of thioether (sulfide) groups is 1. The van der Waals surface area contributed by atoms with Crippen molar-refractivity contribution in [1.29, 1.82) is 0 Å². The minimum Gasteiger partial charge on any atom is -0.353 e. The van der Waals surface area contributed by atoms with E-state index in [1.165, 1.54) is 32.1 Å². The van der Waals surface area contributed by atoms with Gasteiger partial charge in [-0.05, 0) is 26.0 Å². The highest BCUT2D eigenvalue weighted by atomic mass is 32.2. The van der Waals surface area contributed by atoms with Crippen LogP contribution in [-0.2, 0) is 4.79 Å². The second-order valence-electron chi connectivity index (χ2n) is 4.45. The zero-order chi connectivity index (χ0) is 11.3. The summed E-state index contributed by atoms with van der Waals surface area (Å²) in [7, 11) is 0. The van der Waals surface area contributed by atoms with Crippen LogP contribution in [0.5, 0.6) is 0 Å². The second kappa shape index (κ2) is 5.75. The van der Waals surface area contributed by atoms with Crippen molar-refractivity contribution in [2.45, 2.75) is 49.8 Å². The molecule has 0 aliphatic heterocycles. The van der Waals surface area contributed by atoms with Crippen LogP contribution < -0.4 is 11.1 Å². The molecule has 1 unspecified atom stereocenters. The van der Waals surface area contributed by atoms with Crippen LogP contribution in [0.15, 0.2) is 0 Å². The number of carbonyl (C=O) groups is 1. The lowest BCUT2D eigenvalue weighted by atomic mass is 9.88. The molecular formula is C11H22N2OS. The molecule has 0 bridgehead atoms. The molecule has 1 fully saturated rings. The van der Waals surface area contributed by atoms with Crippen molar-refractivity contribution in [1.82, 2.24) is 5.32 Å². The molecule has 0 saturated heterocycles. The fraction of sp³-hybridized carbons (Fsp3) is 0.909. The Morgan fingerprint density at radius 2 is 2.07 bits per heavy atom. The fourth-order valence-electron chi connectivity index (χ4n) is 2.06. The number of hydrogen-bond donors (Lipinski definition) is 2. The third-order valence-corrected chi connectivity index (χ3v) is 4.61. The van der Waals surface area contributed by atoms with Gasteiger partial charge in [-0.2, -0.15) is 11.8 Å². The summed E-state index contributed by atoms with van der Waals surface area (Å²) in [5.41, 5.74) is 5.52. The molecule has 0 aromatic carbocycles. The van der Waals surface area contributed by atoms with Crippen molar-refractivity contribution in [3.05, 3.63) is 0 Å². The molecule has 15 heavy (non-hydrogen) atoms. The summed E-state index contributed by atoms with van der Waals surface area (Å²) in [5, 5.41) is 2.96. The minimum atomic E-state index is -0.396. The van der Waals surface area contributed by atoms with Crippen LogP contribution in [0.2, 0.25) is 0 Å². The summed E-state index contributed by atoms with van der Waals surface area (Å²) in [6.07, 6.45) is 8.48. The molecule has 3 nitrogen and oxygen atoms in total. The van der Waals surface area contributed by atoms with Gasteiger partial charge in [-0.3, -0.25) is 4.79 Å². The summed E-state index contributed by atoms with van der Waals surface area (Å²) in [6, 6.07) is -0.396. The van der Waals surface area contributed by atoms with Crippen LogP contribution in [0.1, 0.15) is 39.0 Å². The molecule has 0 radical (unpaired) electrons. The Balaban J connectivity index is 2.42. The summed E-state index contributed by atoms with van der Waals surface area (Å²) in [5.74, 6) is -0.0333. The van der Waals surface area contributed by atoms with E-state index < -0.39 is 6.04 Å². The molecule has 1 aliphatic carbocycles. The van der Waals surface area contributed by atoms with E-state index in [0.717, 1.165) is 6.54 Å². The molecule has 0 aromatic heterocycles. The van der Waals surface area contributed by atoms with Crippen molar-refractivity contribution in [2.24, 2.45) is 5.73 Å². The van der Waals surface area contributed by atoms with E-state index in [0.29, 0.717) is 0 Å². The van der Waals surface area contributed by atoms with E-state index in [2.05, 4.69) is 11.6 Å². The van der Waals surface area contributed by atoms with Gasteiger partial charge in [0, 0.05) is 11.3 Å². The minimum absolute atomic E-state index is 0.0333. The molecule has 4 heteroatoms. The van der Waals surface area contributed by atoms with Crippen LogP contribution in [0.3, 0.4) is 0 Å². The van der Waals surface area contributed by atoms with E-state index in [-0.39, 0.29) is 10.7 Å². The SMILES string of the molecule is CSC1(CNC(=O)C(C)N)CCCCC1. The Kier molecular flexibility index (Phi) is 4.93. The molecule has 88 valence electrons. The van der Waals surface area contributed by atoms with E-state index in [4.69, 9.17) is 5.73 Å². The summed E-state index contributed by atoms with van der Waals surface area (Å²) < 4.78 is 0.267. The van der Waals surface area contributed by atoms with Gasteiger partial charge in [-0.15, -0.1) is 0 Å². The lowest BCUT2D eigenvalue weighted by Gasteiger charge is -2.36. The van der Waals surface area contributed by atoms with E-state index in [1.54, 1.807) is 6.92 Å². The molecule has 1 rings (SSSR count). The Morgan fingerprint density at radius 3 is 2.53 bits per heavy atom. The summed E-state index contributed by atoms with van der Waals surface area (Å²) >= 11 is 1.89. The Labute approximate surface area is 96.6 Å². The van der Waals surface area contributed by atoms with Gasteiger partial charge in [0.2, 0.25) is 5.91 Å². The summed E-state index contributed by atoms with van der Waals surface area (Å²) in [6.45, 7) is 2.50. The van der Waals surface area contributed by atoms with Crippen LogP contribution in [-0.4, -0.2) is 29.5 Å². The number of hydrogen-bond acceptors (Lipinski definition) is 3. The van der Waals surface area contributed by atoms with E-state index in [1.807, 2.05) is 11.8 Å². The smallest absolute Gasteiger partial charge is 0.236 e. The topological polar surface area (TPSA) is 55.1 Å². The van der Waals surface area contributed by atoms with Crippen LogP contribution in [0.25, 0.3) is 0 Å². The number of carbonyl (C=O) groups excluding carboxylic acids is 1. The maximum Gasteiger partial charge on any atom is 0.236 e. The molecule has 1 atom stereocenters. The maximum atomic E-state index is 11.4. The van der Waals surface area contributed by atoms with Crippen molar-refractivity contribution in [3.63, 3.8) is 0 Å². The van der Waals surface area contributed by atoms with Crippen molar-refractivity contribution < 1.29 is 4.79 Å². The molecular weight excluding hydrogens is 208 g/mol. The molecule has 0 heterocycles. The van der Waals surface area contributed by atoms with E-state index >= 15 is 0 Å². The van der Waals surface area contributed by atoms with Crippen LogP contribution in [0, 0.1) is 0 Å². The largest absolute Gasteiger partial charge is 0.353 e. The van der Waals surface area contributed by atoms with Gasteiger partial charge in [-0.25, -0.2) is 0 Å². The van der Waals surface area contributed by atoms with Gasteiger partial charge < -0.3 is 11.1 Å². The zero-order valence-electron chi connectivity index (χ0n) is 9.71. The lowest BCUT2D eigenvalue weighted by molar-refractivity contribution is -0.122. The van der Waals surface area contributed by atoms with Gasteiger partial charge in [-0.1, -0.05) is 19.3 Å². The lowest BCUT2D eigenvalue weighted by Crippen LogP contribution is -2.46. The van der Waals surface area contributed by atoms with Gasteiger partial charge in [0.05, 0.1) is 6.04 Å². The predicted octanol–water partition coefficient (Wildman–Crippen LogP) is 1.52. The number of nitrogens with one attached hydrogen (secondary N) is 1. The van der Waals surface area contributed by atoms with E-state index in [9.17, 15) is 4.79 Å². The van der Waals surface area contributed by atoms with Gasteiger partial charge in [0.15, 0.2) is 0 Å². The first-order valence-corrected chi connectivity index (χ1v) is 6.90. The predicted molar refractivity (Wildman–Crippen MR) is 66.0 cm³/mol. The normalized spacial score (nSPS) is 22.1. The average Bonchev–Trinajstić information content (AvgIpc) is 2.27. The Morgan fingerprint density at radius 1 is 1.47 bits per heavy atom. The highest BCUT2D eigenvalue weighted by molar-refractivity contribution is 8.00. The van der Waals surface area contributed by atoms with Crippen molar-refractivity contribution in [3.8, 4) is 0 Å². The Hall–Kier alpha value is -0.220. The molecule has 1 saturated carbocycles. The van der Waals surface area contributed by atoms with Gasteiger partial charge in [0.1, 0.15) is 0 Å². The first kappa shape index (κ1) is 12.8. The molecule has 3 N–H and O–H groups in total. The highest BCUT2D eigenvalue weighted by Gasteiger charge is 2.31. The summed E-state index contributed by atoms with van der Waals surface area (Å²) in [4.78, 5) is 11.4.